The summed E-state index contributed by atoms with van der Waals surface area (Å²) in [5.74, 6) is -11.7. The van der Waals surface area contributed by atoms with Crippen LogP contribution in [0.5, 0.6) is 5.75 Å². The van der Waals surface area contributed by atoms with Gasteiger partial charge in [0, 0.05) is 17.7 Å². The molecule has 0 radical (unpaired) electrons. The van der Waals surface area contributed by atoms with Gasteiger partial charge in [-0.05, 0) is 60.4 Å². The molecular weight excluding hydrogens is 597 g/mol. The summed E-state index contributed by atoms with van der Waals surface area (Å²) in [5, 5.41) is 0. The zero-order valence-corrected chi connectivity index (χ0v) is 21.4. The Balaban J connectivity index is 1.61. The Bertz CT molecular complexity index is 1710. The van der Waals surface area contributed by atoms with E-state index in [0.717, 1.165) is 0 Å². The fourth-order valence-corrected chi connectivity index (χ4v) is 4.00. The summed E-state index contributed by atoms with van der Waals surface area (Å²) in [5.41, 5.74) is -4.91. The smallest absolute Gasteiger partial charge is 0.429 e. The Labute approximate surface area is 236 Å². The standard InChI is InChI=1S/C31H15F11O/c1-2-3-4-15-9-24(36)29(25(37)10-15)31(41,42)43-18-13-20(32)19(21(33)14-18)6-5-16-7-22(34)28(23(35)8-16)17-11-26(38)30(40)27(39)12-17/h2,7-14H,1,3-4H2. The van der Waals surface area contributed by atoms with Crippen molar-refractivity contribution in [2.75, 3.05) is 0 Å². The molecule has 0 aliphatic carbocycles. The molecule has 0 atom stereocenters. The second-order valence-corrected chi connectivity index (χ2v) is 8.96. The number of ether oxygens (including phenoxy) is 1. The maximum Gasteiger partial charge on any atom is 0.432 e. The van der Waals surface area contributed by atoms with Gasteiger partial charge in [-0.1, -0.05) is 17.9 Å². The van der Waals surface area contributed by atoms with E-state index in [9.17, 15) is 48.3 Å². The van der Waals surface area contributed by atoms with Gasteiger partial charge in [0.05, 0.1) is 11.1 Å². The summed E-state index contributed by atoms with van der Waals surface area (Å²) in [6.45, 7) is 3.44. The van der Waals surface area contributed by atoms with Gasteiger partial charge in [-0.25, -0.2) is 39.5 Å². The molecule has 0 aliphatic rings. The predicted molar refractivity (Wildman–Crippen MR) is 133 cm³/mol. The van der Waals surface area contributed by atoms with Gasteiger partial charge >= 0.3 is 6.11 Å². The molecule has 0 aliphatic heterocycles. The highest BCUT2D eigenvalue weighted by molar-refractivity contribution is 5.66. The van der Waals surface area contributed by atoms with E-state index in [2.05, 4.69) is 17.2 Å². The molecule has 0 fully saturated rings. The van der Waals surface area contributed by atoms with Crippen LogP contribution >= 0.6 is 0 Å². The zero-order chi connectivity index (χ0) is 31.6. The monoisotopic (exact) mass is 612 g/mol. The second kappa shape index (κ2) is 12.2. The number of rotatable bonds is 7. The third-order valence-corrected chi connectivity index (χ3v) is 5.94. The molecule has 0 bridgehead atoms. The Morgan fingerprint density at radius 3 is 1.70 bits per heavy atom. The Morgan fingerprint density at radius 1 is 0.651 bits per heavy atom. The van der Waals surface area contributed by atoms with Crippen molar-refractivity contribution < 1.29 is 53.0 Å². The molecule has 4 aromatic rings. The van der Waals surface area contributed by atoms with E-state index in [1.807, 2.05) is 5.92 Å². The van der Waals surface area contributed by atoms with Crippen molar-refractivity contribution in [2.24, 2.45) is 0 Å². The molecule has 43 heavy (non-hydrogen) atoms. The second-order valence-electron chi connectivity index (χ2n) is 8.96. The highest BCUT2D eigenvalue weighted by Crippen LogP contribution is 2.36. The van der Waals surface area contributed by atoms with Crippen LogP contribution < -0.4 is 4.74 Å². The van der Waals surface area contributed by atoms with Crippen molar-refractivity contribution in [1.29, 1.82) is 0 Å². The first-order chi connectivity index (χ1) is 20.2. The molecule has 222 valence electrons. The van der Waals surface area contributed by atoms with Crippen LogP contribution in [0, 0.1) is 64.2 Å². The van der Waals surface area contributed by atoms with Crippen LogP contribution in [0.2, 0.25) is 0 Å². The van der Waals surface area contributed by atoms with Crippen molar-refractivity contribution >= 4 is 0 Å². The molecule has 1 nitrogen and oxygen atoms in total. The van der Waals surface area contributed by atoms with Gasteiger partial charge in [-0.15, -0.1) is 6.58 Å². The highest BCUT2D eigenvalue weighted by atomic mass is 19.3. The number of benzene rings is 4. The van der Waals surface area contributed by atoms with Gasteiger partial charge < -0.3 is 4.74 Å². The first-order valence-corrected chi connectivity index (χ1v) is 12.0. The largest absolute Gasteiger partial charge is 0.432 e. The van der Waals surface area contributed by atoms with E-state index in [1.54, 1.807) is 0 Å². The van der Waals surface area contributed by atoms with Crippen LogP contribution in [-0.2, 0) is 12.5 Å². The Morgan fingerprint density at radius 2 is 1.19 bits per heavy atom. The summed E-state index contributed by atoms with van der Waals surface area (Å²) >= 11 is 0. The third kappa shape index (κ3) is 6.66. The van der Waals surface area contributed by atoms with E-state index in [4.69, 9.17) is 0 Å². The third-order valence-electron chi connectivity index (χ3n) is 5.94. The van der Waals surface area contributed by atoms with Crippen LogP contribution in [0.1, 0.15) is 28.7 Å². The summed E-state index contributed by atoms with van der Waals surface area (Å²) in [7, 11) is 0. The minimum atomic E-state index is -4.70. The Kier molecular flexibility index (Phi) is 8.85. The van der Waals surface area contributed by atoms with E-state index >= 15 is 0 Å². The number of hydrogen-bond acceptors (Lipinski definition) is 1. The zero-order valence-electron chi connectivity index (χ0n) is 21.4. The lowest BCUT2D eigenvalue weighted by Crippen LogP contribution is -2.25. The van der Waals surface area contributed by atoms with Crippen LogP contribution in [-0.4, -0.2) is 0 Å². The lowest BCUT2D eigenvalue weighted by Gasteiger charge is -2.20. The molecule has 4 rings (SSSR count). The molecule has 0 saturated carbocycles. The van der Waals surface area contributed by atoms with Crippen molar-refractivity contribution in [3.05, 3.63) is 136 Å². The normalized spacial score (nSPS) is 11.2. The molecule has 0 unspecified atom stereocenters. The van der Waals surface area contributed by atoms with E-state index in [-0.39, 0.29) is 24.1 Å². The maximum atomic E-state index is 14.7. The minimum Gasteiger partial charge on any atom is -0.429 e. The molecule has 0 heterocycles. The summed E-state index contributed by atoms with van der Waals surface area (Å²) in [6.07, 6.45) is -2.83. The van der Waals surface area contributed by atoms with E-state index in [1.165, 1.54) is 6.08 Å². The molecule has 4 aromatic carbocycles. The SMILES string of the molecule is C=CCCc1cc(F)c(C(F)(F)Oc2cc(F)c(C#Cc3cc(F)c(-c4cc(F)c(F)c(F)c4)c(F)c3)c(F)c2)c(F)c1. The topological polar surface area (TPSA) is 9.23 Å². The number of hydrogen-bond donors (Lipinski definition) is 0. The highest BCUT2D eigenvalue weighted by Gasteiger charge is 2.41. The van der Waals surface area contributed by atoms with E-state index in [0.29, 0.717) is 42.8 Å². The number of halogens is 11. The average Bonchev–Trinajstić information content (AvgIpc) is 2.88. The van der Waals surface area contributed by atoms with Gasteiger partial charge in [-0.3, -0.25) is 0 Å². The maximum absolute atomic E-state index is 14.7. The lowest BCUT2D eigenvalue weighted by molar-refractivity contribution is -0.189. The van der Waals surface area contributed by atoms with Gasteiger partial charge in [-0.2, -0.15) is 8.78 Å². The van der Waals surface area contributed by atoms with Gasteiger partial charge in [0.1, 0.15) is 46.2 Å². The van der Waals surface area contributed by atoms with Gasteiger partial charge in [0.15, 0.2) is 17.5 Å². The quantitative estimate of drug-likeness (QED) is 0.0875. The fourth-order valence-electron chi connectivity index (χ4n) is 4.00. The van der Waals surface area contributed by atoms with Crippen LogP contribution in [0.15, 0.2) is 61.2 Å². The summed E-state index contributed by atoms with van der Waals surface area (Å²) in [6, 6.07) is 3.64. The Hall–Kier alpha value is -4.79. The first-order valence-electron chi connectivity index (χ1n) is 12.0. The molecule has 0 amide bonds. The van der Waals surface area contributed by atoms with Gasteiger partial charge in [0.25, 0.3) is 0 Å². The van der Waals surface area contributed by atoms with Crippen molar-refractivity contribution in [1.82, 2.24) is 0 Å². The molecule has 0 aromatic heterocycles. The van der Waals surface area contributed by atoms with Crippen LogP contribution in [0.3, 0.4) is 0 Å². The van der Waals surface area contributed by atoms with Gasteiger partial charge in [0.2, 0.25) is 0 Å². The number of aryl methyl sites for hydroxylation is 1. The van der Waals surface area contributed by atoms with Crippen LogP contribution in [0.25, 0.3) is 11.1 Å². The average molecular weight is 612 g/mol. The van der Waals surface area contributed by atoms with Crippen LogP contribution in [0.4, 0.5) is 48.3 Å². The van der Waals surface area contributed by atoms with E-state index < -0.39 is 92.0 Å². The minimum absolute atomic E-state index is 0.0575. The molecular formula is C31H15F11O. The number of allylic oxidation sites excluding steroid dienone is 1. The van der Waals surface area contributed by atoms with Crippen molar-refractivity contribution in [2.45, 2.75) is 19.0 Å². The summed E-state index contributed by atoms with van der Waals surface area (Å²) < 4.78 is 161. The lowest BCUT2D eigenvalue weighted by atomic mass is 10.0. The predicted octanol–water partition coefficient (Wildman–Crippen LogP) is 9.25. The molecule has 0 spiro atoms. The van der Waals surface area contributed by atoms with Crippen molar-refractivity contribution in [3.8, 4) is 28.7 Å². The van der Waals surface area contributed by atoms with Crippen molar-refractivity contribution in [3.63, 3.8) is 0 Å². The molecule has 0 N–H and O–H groups in total. The summed E-state index contributed by atoms with van der Waals surface area (Å²) in [4.78, 5) is 0. The molecule has 12 heteroatoms. The number of alkyl halides is 2. The first kappa shape index (κ1) is 31.2. The fraction of sp³-hybridized carbons (Fsp3) is 0.0968. The molecule has 0 saturated heterocycles.